The molecule has 1 nitrogen and oxygen atoms in total. The lowest BCUT2D eigenvalue weighted by atomic mass is 10.2. The van der Waals surface area contributed by atoms with Crippen LogP contribution in [0.15, 0.2) is 0 Å². The smallest absolute Gasteiger partial charge is 0.258 e. The molecule has 7 heteroatoms. The molecule has 76 valence electrons. The highest BCUT2D eigenvalue weighted by Crippen LogP contribution is 2.20. The van der Waals surface area contributed by atoms with Crippen LogP contribution < -0.4 is 5.30 Å². The van der Waals surface area contributed by atoms with Crippen LogP contribution >= 0.6 is 20.8 Å². The van der Waals surface area contributed by atoms with Crippen LogP contribution in [0.25, 0.3) is 0 Å². The molecule has 0 aliphatic heterocycles. The molecule has 1 aromatic carbocycles. The van der Waals surface area contributed by atoms with E-state index in [-0.39, 0.29) is 0 Å². The summed E-state index contributed by atoms with van der Waals surface area (Å²) < 4.78 is 51.1. The first-order valence-corrected chi connectivity index (χ1v) is 4.14. The fraction of sp³-hybridized carbons (Fsp3) is 0. The fourth-order valence-electron chi connectivity index (χ4n) is 0.824. The van der Waals surface area contributed by atoms with Gasteiger partial charge in [0.2, 0.25) is 0 Å². The number of carbonyl (C=O) groups excluding carboxylic acids is 1. The maximum atomic E-state index is 13.0. The Morgan fingerprint density at radius 3 is 1.93 bits per heavy atom. The molecule has 0 aliphatic rings. The molecule has 0 amide bonds. The molecule has 0 saturated carbocycles. The van der Waals surface area contributed by atoms with Crippen molar-refractivity contribution in [2.75, 3.05) is 0 Å². The summed E-state index contributed by atoms with van der Waals surface area (Å²) >= 11 is 4.79. The van der Waals surface area contributed by atoms with Gasteiger partial charge in [0.05, 0.1) is 0 Å². The molecule has 1 unspecified atom stereocenters. The molecule has 0 N–H and O–H groups in total. The minimum atomic E-state index is -1.93. The molecule has 0 spiro atoms. The van der Waals surface area contributed by atoms with Gasteiger partial charge in [-0.1, -0.05) is 9.24 Å². The standard InChI is InChI=1S/C7H2ClF4OP/c8-7(13)1-2(9)4(11)5(12)6(14)3(1)10/h14H2. The van der Waals surface area contributed by atoms with E-state index in [0.29, 0.717) is 0 Å². The van der Waals surface area contributed by atoms with Crippen LogP contribution in [0.3, 0.4) is 0 Å². The van der Waals surface area contributed by atoms with E-state index in [4.69, 9.17) is 11.6 Å². The van der Waals surface area contributed by atoms with E-state index >= 15 is 0 Å². The molecule has 1 atom stereocenters. The van der Waals surface area contributed by atoms with Crippen LogP contribution in [-0.4, -0.2) is 5.24 Å². The highest BCUT2D eigenvalue weighted by Gasteiger charge is 2.26. The SMILES string of the molecule is O=C(Cl)c1c(F)c(F)c(F)c(P)c1F. The Morgan fingerprint density at radius 1 is 1.00 bits per heavy atom. The number of benzene rings is 1. The summed E-state index contributed by atoms with van der Waals surface area (Å²) in [5, 5.41) is -2.39. The Hall–Kier alpha value is -0.670. The van der Waals surface area contributed by atoms with Crippen molar-refractivity contribution in [3.8, 4) is 0 Å². The van der Waals surface area contributed by atoms with Crippen molar-refractivity contribution >= 4 is 31.4 Å². The molecular formula is C7H2ClF4OP. The van der Waals surface area contributed by atoms with Gasteiger partial charge in [-0.3, -0.25) is 4.79 Å². The Morgan fingerprint density at radius 2 is 1.50 bits per heavy atom. The highest BCUT2D eigenvalue weighted by molar-refractivity contribution is 7.27. The quantitative estimate of drug-likeness (QED) is 0.243. The maximum absolute atomic E-state index is 13.0. The molecule has 1 aromatic rings. The van der Waals surface area contributed by atoms with E-state index in [1.807, 2.05) is 0 Å². The van der Waals surface area contributed by atoms with E-state index in [0.717, 1.165) is 0 Å². The second-order valence-corrected chi connectivity index (χ2v) is 3.24. The number of halogens is 5. The molecule has 0 bridgehead atoms. The van der Waals surface area contributed by atoms with E-state index in [2.05, 4.69) is 0 Å². The van der Waals surface area contributed by atoms with Crippen molar-refractivity contribution < 1.29 is 22.4 Å². The van der Waals surface area contributed by atoms with Crippen molar-refractivity contribution in [2.24, 2.45) is 0 Å². The maximum Gasteiger partial charge on any atom is 0.258 e. The number of carbonyl (C=O) groups is 1. The van der Waals surface area contributed by atoms with Crippen molar-refractivity contribution in [2.45, 2.75) is 0 Å². The van der Waals surface area contributed by atoms with Gasteiger partial charge in [-0.2, -0.15) is 0 Å². The molecule has 0 radical (unpaired) electrons. The molecule has 0 aliphatic carbocycles. The molecule has 0 saturated heterocycles. The van der Waals surface area contributed by atoms with Gasteiger partial charge in [-0.05, 0) is 11.6 Å². The average Bonchev–Trinajstić information content (AvgIpc) is 2.11. The summed E-state index contributed by atoms with van der Waals surface area (Å²) in [6, 6.07) is 0. The molecular weight excluding hydrogens is 242 g/mol. The van der Waals surface area contributed by atoms with Gasteiger partial charge in [-0.25, -0.2) is 17.6 Å². The summed E-state index contributed by atoms with van der Waals surface area (Å²) in [5.74, 6) is -7.08. The third-order valence-electron chi connectivity index (χ3n) is 1.49. The van der Waals surface area contributed by atoms with E-state index < -0.39 is 39.4 Å². The average molecular weight is 245 g/mol. The van der Waals surface area contributed by atoms with Crippen LogP contribution in [0.1, 0.15) is 10.4 Å². The summed E-state index contributed by atoms with van der Waals surface area (Å²) in [7, 11) is 1.51. The summed E-state index contributed by atoms with van der Waals surface area (Å²) in [4.78, 5) is 10.5. The van der Waals surface area contributed by atoms with Crippen molar-refractivity contribution in [3.63, 3.8) is 0 Å². The first kappa shape index (κ1) is 11.4. The Labute approximate surface area is 83.3 Å². The lowest BCUT2D eigenvalue weighted by molar-refractivity contribution is 0.107. The van der Waals surface area contributed by atoms with E-state index in [1.54, 1.807) is 0 Å². The number of hydrogen-bond acceptors (Lipinski definition) is 1. The largest absolute Gasteiger partial charge is 0.275 e. The topological polar surface area (TPSA) is 17.1 Å². The Balaban J connectivity index is 3.68. The van der Waals surface area contributed by atoms with Crippen LogP contribution in [0.4, 0.5) is 17.6 Å². The Bertz CT molecular complexity index is 392. The predicted molar refractivity (Wildman–Crippen MR) is 45.8 cm³/mol. The molecule has 1 rings (SSSR count). The van der Waals surface area contributed by atoms with Gasteiger partial charge in [0.25, 0.3) is 5.24 Å². The normalized spacial score (nSPS) is 10.4. The van der Waals surface area contributed by atoms with Gasteiger partial charge >= 0.3 is 0 Å². The van der Waals surface area contributed by atoms with Gasteiger partial charge in [0, 0.05) is 5.30 Å². The minimum Gasteiger partial charge on any atom is -0.275 e. The van der Waals surface area contributed by atoms with Gasteiger partial charge in [-0.15, -0.1) is 0 Å². The summed E-state index contributed by atoms with van der Waals surface area (Å²) in [6.45, 7) is 0. The van der Waals surface area contributed by atoms with Crippen molar-refractivity contribution in [1.82, 2.24) is 0 Å². The van der Waals surface area contributed by atoms with Crippen molar-refractivity contribution in [1.29, 1.82) is 0 Å². The first-order valence-electron chi connectivity index (χ1n) is 3.19. The third-order valence-corrected chi connectivity index (χ3v) is 2.19. The number of rotatable bonds is 1. The van der Waals surface area contributed by atoms with Gasteiger partial charge in [0.1, 0.15) is 11.4 Å². The second-order valence-electron chi connectivity index (χ2n) is 2.32. The summed E-state index contributed by atoms with van der Waals surface area (Å²) in [6.07, 6.45) is 0. The molecule has 0 fully saturated rings. The monoisotopic (exact) mass is 244 g/mol. The number of hydrogen-bond donors (Lipinski definition) is 0. The Kier molecular flexibility index (Phi) is 3.12. The van der Waals surface area contributed by atoms with Crippen LogP contribution in [0, 0.1) is 23.3 Å². The van der Waals surface area contributed by atoms with Crippen LogP contribution in [0.2, 0.25) is 0 Å². The zero-order valence-electron chi connectivity index (χ0n) is 6.38. The highest BCUT2D eigenvalue weighted by atomic mass is 35.5. The van der Waals surface area contributed by atoms with Gasteiger partial charge in [0.15, 0.2) is 17.5 Å². The second kappa shape index (κ2) is 3.83. The summed E-state index contributed by atoms with van der Waals surface area (Å²) in [5.41, 5.74) is -1.30. The zero-order chi connectivity index (χ0) is 11.0. The predicted octanol–water partition coefficient (Wildman–Crippen LogP) is 2.12. The lowest BCUT2D eigenvalue weighted by Crippen LogP contribution is -2.16. The van der Waals surface area contributed by atoms with Crippen molar-refractivity contribution in [3.05, 3.63) is 28.8 Å². The van der Waals surface area contributed by atoms with Crippen LogP contribution in [-0.2, 0) is 0 Å². The van der Waals surface area contributed by atoms with Gasteiger partial charge < -0.3 is 0 Å². The minimum absolute atomic E-state index is 0.868. The molecule has 0 aromatic heterocycles. The van der Waals surface area contributed by atoms with E-state index in [1.165, 1.54) is 9.24 Å². The fourth-order valence-corrected chi connectivity index (χ4v) is 1.26. The molecule has 14 heavy (non-hydrogen) atoms. The zero-order valence-corrected chi connectivity index (χ0v) is 8.29. The lowest BCUT2D eigenvalue weighted by Gasteiger charge is -2.05. The van der Waals surface area contributed by atoms with E-state index in [9.17, 15) is 22.4 Å². The third kappa shape index (κ3) is 1.62. The van der Waals surface area contributed by atoms with Crippen LogP contribution in [0.5, 0.6) is 0 Å². The molecule has 0 heterocycles. The first-order chi connectivity index (χ1) is 6.37.